The lowest BCUT2D eigenvalue weighted by molar-refractivity contribution is -0.133. The first-order chi connectivity index (χ1) is 15.3. The van der Waals surface area contributed by atoms with Gasteiger partial charge in [-0.2, -0.15) is 0 Å². The molecule has 32 heavy (non-hydrogen) atoms. The van der Waals surface area contributed by atoms with Crippen LogP contribution in [0.3, 0.4) is 0 Å². The Morgan fingerprint density at radius 1 is 1.12 bits per heavy atom. The van der Waals surface area contributed by atoms with Crippen molar-refractivity contribution in [1.29, 1.82) is 0 Å². The van der Waals surface area contributed by atoms with Crippen molar-refractivity contribution >= 4 is 35.4 Å². The molecule has 0 radical (unpaired) electrons. The van der Waals surface area contributed by atoms with Gasteiger partial charge in [0.2, 0.25) is 11.8 Å². The van der Waals surface area contributed by atoms with E-state index >= 15 is 0 Å². The van der Waals surface area contributed by atoms with Crippen LogP contribution in [0.1, 0.15) is 56.9 Å². The molecule has 2 fully saturated rings. The van der Waals surface area contributed by atoms with Crippen molar-refractivity contribution in [3.63, 3.8) is 0 Å². The molecule has 0 aromatic heterocycles. The zero-order valence-electron chi connectivity index (χ0n) is 18.2. The Morgan fingerprint density at radius 3 is 2.50 bits per heavy atom. The minimum Gasteiger partial charge on any atom is -0.493 e. The van der Waals surface area contributed by atoms with Crippen molar-refractivity contribution in [3.8, 4) is 5.75 Å². The number of aryl methyl sites for hydroxylation is 1. The second kappa shape index (κ2) is 10.7. The van der Waals surface area contributed by atoms with E-state index in [1.54, 1.807) is 18.2 Å². The van der Waals surface area contributed by atoms with E-state index in [9.17, 15) is 19.2 Å². The van der Waals surface area contributed by atoms with Gasteiger partial charge >= 0.3 is 6.03 Å². The third kappa shape index (κ3) is 5.91. The van der Waals surface area contributed by atoms with Crippen molar-refractivity contribution in [2.45, 2.75) is 63.8 Å². The van der Waals surface area contributed by atoms with Gasteiger partial charge in [-0.1, -0.05) is 30.9 Å². The molecule has 1 aliphatic carbocycles. The molecular weight excluding hydrogens is 436 g/mol. The maximum absolute atomic E-state index is 12.7. The average Bonchev–Trinajstić information content (AvgIpc) is 2.98. The number of carbonyl (C=O) groups is 4. The molecule has 0 atom stereocenters. The summed E-state index contributed by atoms with van der Waals surface area (Å²) in [5.74, 6) is -0.379. The van der Waals surface area contributed by atoms with E-state index in [0.29, 0.717) is 36.6 Å². The number of hydrazine groups is 1. The second-order valence-electron chi connectivity index (χ2n) is 8.24. The Morgan fingerprint density at radius 2 is 1.81 bits per heavy atom. The SMILES string of the molecule is Cc1cc(Cl)ccc1OCCCC(=O)NNC(=O)CCN1C(=O)NC2(CCCCC2)C1=O. The van der Waals surface area contributed by atoms with Gasteiger partial charge in [0.15, 0.2) is 0 Å². The van der Waals surface area contributed by atoms with E-state index in [2.05, 4.69) is 16.2 Å². The molecule has 1 spiro atoms. The number of ether oxygens (including phenoxy) is 1. The van der Waals surface area contributed by atoms with Gasteiger partial charge in [0.05, 0.1) is 6.61 Å². The Bertz CT molecular complexity index is 885. The summed E-state index contributed by atoms with van der Waals surface area (Å²) in [6, 6.07) is 4.86. The van der Waals surface area contributed by atoms with Crippen molar-refractivity contribution in [2.75, 3.05) is 13.2 Å². The summed E-state index contributed by atoms with van der Waals surface area (Å²) in [4.78, 5) is 49.9. The average molecular weight is 465 g/mol. The van der Waals surface area contributed by atoms with E-state index in [1.807, 2.05) is 6.92 Å². The summed E-state index contributed by atoms with van der Waals surface area (Å²) in [6.45, 7) is 2.21. The largest absolute Gasteiger partial charge is 0.493 e. The maximum Gasteiger partial charge on any atom is 0.325 e. The van der Waals surface area contributed by atoms with Gasteiger partial charge in [-0.05, 0) is 49.9 Å². The van der Waals surface area contributed by atoms with Gasteiger partial charge in [0, 0.05) is 24.4 Å². The highest BCUT2D eigenvalue weighted by Crippen LogP contribution is 2.33. The van der Waals surface area contributed by atoms with Crippen LogP contribution in [-0.4, -0.2) is 47.3 Å². The molecule has 2 aliphatic rings. The van der Waals surface area contributed by atoms with Gasteiger partial charge < -0.3 is 10.1 Å². The Balaban J connectivity index is 1.32. The molecule has 1 aromatic carbocycles. The number of nitrogens with one attached hydrogen (secondary N) is 3. The monoisotopic (exact) mass is 464 g/mol. The summed E-state index contributed by atoms with van der Waals surface area (Å²) in [7, 11) is 0. The summed E-state index contributed by atoms with van der Waals surface area (Å²) in [5.41, 5.74) is 4.77. The molecule has 1 saturated carbocycles. The molecule has 0 bridgehead atoms. The molecule has 1 heterocycles. The molecule has 0 unspecified atom stereocenters. The van der Waals surface area contributed by atoms with Crippen LogP contribution in [0.5, 0.6) is 5.75 Å². The summed E-state index contributed by atoms with van der Waals surface area (Å²) in [6.07, 6.45) is 4.67. The number of carbonyl (C=O) groups excluding carboxylic acids is 4. The Labute approximate surface area is 192 Å². The van der Waals surface area contributed by atoms with Crippen LogP contribution in [0, 0.1) is 6.92 Å². The Hall–Kier alpha value is -2.81. The van der Waals surface area contributed by atoms with E-state index in [-0.39, 0.29) is 31.2 Å². The van der Waals surface area contributed by atoms with Crippen LogP contribution in [0.2, 0.25) is 5.02 Å². The molecule has 9 nitrogen and oxygen atoms in total. The van der Waals surface area contributed by atoms with Crippen molar-refractivity contribution < 1.29 is 23.9 Å². The maximum atomic E-state index is 12.7. The first-order valence-electron chi connectivity index (χ1n) is 10.9. The normalized spacial score (nSPS) is 17.2. The number of hydrogen-bond donors (Lipinski definition) is 3. The zero-order valence-corrected chi connectivity index (χ0v) is 18.9. The lowest BCUT2D eigenvalue weighted by Gasteiger charge is -2.30. The fraction of sp³-hybridized carbons (Fsp3) is 0.545. The van der Waals surface area contributed by atoms with E-state index in [1.165, 1.54) is 0 Å². The predicted molar refractivity (Wildman–Crippen MR) is 118 cm³/mol. The number of rotatable bonds is 8. The first-order valence-corrected chi connectivity index (χ1v) is 11.3. The number of benzene rings is 1. The summed E-state index contributed by atoms with van der Waals surface area (Å²) >= 11 is 5.91. The molecule has 3 N–H and O–H groups in total. The number of nitrogens with zero attached hydrogens (tertiary/aromatic N) is 1. The van der Waals surface area contributed by atoms with E-state index in [4.69, 9.17) is 16.3 Å². The molecule has 1 aromatic rings. The van der Waals surface area contributed by atoms with Gasteiger partial charge in [-0.15, -0.1) is 0 Å². The molecule has 10 heteroatoms. The van der Waals surface area contributed by atoms with Crippen molar-refractivity contribution in [1.82, 2.24) is 21.1 Å². The molecule has 1 aliphatic heterocycles. The fourth-order valence-electron chi connectivity index (χ4n) is 4.04. The van der Waals surface area contributed by atoms with Crippen molar-refractivity contribution in [2.24, 2.45) is 0 Å². The predicted octanol–water partition coefficient (Wildman–Crippen LogP) is 2.60. The van der Waals surface area contributed by atoms with Gasteiger partial charge in [-0.25, -0.2) is 4.79 Å². The fourth-order valence-corrected chi connectivity index (χ4v) is 4.27. The minimum atomic E-state index is -0.799. The third-order valence-electron chi connectivity index (χ3n) is 5.80. The lowest BCUT2D eigenvalue weighted by Crippen LogP contribution is -2.48. The number of hydrogen-bond acceptors (Lipinski definition) is 5. The highest BCUT2D eigenvalue weighted by molar-refractivity contribution is 6.30. The molecule has 174 valence electrons. The standard InChI is InChI=1S/C22H29ClN4O5/c1-15-14-16(23)7-8-17(15)32-13-5-6-18(28)25-26-19(29)9-12-27-20(30)22(24-21(27)31)10-3-2-4-11-22/h7-8,14H,2-6,9-13H2,1H3,(H,24,31)(H,25,28)(H,26,29). The second-order valence-corrected chi connectivity index (χ2v) is 8.67. The topological polar surface area (TPSA) is 117 Å². The highest BCUT2D eigenvalue weighted by atomic mass is 35.5. The van der Waals surface area contributed by atoms with E-state index < -0.39 is 17.5 Å². The summed E-state index contributed by atoms with van der Waals surface area (Å²) in [5, 5.41) is 3.44. The lowest BCUT2D eigenvalue weighted by atomic mass is 9.82. The highest BCUT2D eigenvalue weighted by Gasteiger charge is 2.51. The molecule has 1 saturated heterocycles. The van der Waals surface area contributed by atoms with Crippen LogP contribution in [0.25, 0.3) is 0 Å². The smallest absolute Gasteiger partial charge is 0.325 e. The number of imide groups is 1. The molecular formula is C22H29ClN4O5. The molecule has 3 rings (SSSR count). The van der Waals surface area contributed by atoms with E-state index in [0.717, 1.165) is 29.7 Å². The summed E-state index contributed by atoms with van der Waals surface area (Å²) < 4.78 is 5.63. The Kier molecular flexibility index (Phi) is 7.95. The third-order valence-corrected chi connectivity index (χ3v) is 6.03. The quantitative estimate of drug-likeness (QED) is 0.310. The number of urea groups is 1. The van der Waals surface area contributed by atoms with Gasteiger partial charge in [0.25, 0.3) is 5.91 Å². The zero-order chi connectivity index (χ0) is 23.1. The van der Waals surface area contributed by atoms with Gasteiger partial charge in [0.1, 0.15) is 11.3 Å². The molecule has 5 amide bonds. The van der Waals surface area contributed by atoms with Crippen LogP contribution in [0.15, 0.2) is 18.2 Å². The first kappa shape index (κ1) is 23.8. The van der Waals surface area contributed by atoms with Crippen molar-refractivity contribution in [3.05, 3.63) is 28.8 Å². The van der Waals surface area contributed by atoms with Gasteiger partial charge in [-0.3, -0.25) is 30.1 Å². The minimum absolute atomic E-state index is 0.0254. The van der Waals surface area contributed by atoms with Crippen LogP contribution >= 0.6 is 11.6 Å². The van der Waals surface area contributed by atoms with Crippen LogP contribution in [-0.2, 0) is 14.4 Å². The number of amides is 5. The van der Waals surface area contributed by atoms with Crippen LogP contribution in [0.4, 0.5) is 4.79 Å². The van der Waals surface area contributed by atoms with Crippen LogP contribution < -0.4 is 20.9 Å². The number of halogens is 1.